The van der Waals surface area contributed by atoms with E-state index in [4.69, 9.17) is 5.73 Å². The number of anilines is 1. The number of aliphatic hydroxyl groups is 1. The molecule has 1 aromatic heterocycles. The lowest BCUT2D eigenvalue weighted by atomic mass is 9.81. The molecule has 4 nitrogen and oxygen atoms in total. The Kier molecular flexibility index (Phi) is 4.18. The van der Waals surface area contributed by atoms with Gasteiger partial charge in [0.15, 0.2) is 0 Å². The number of nitrogens with zero attached hydrogens (tertiary/aromatic N) is 2. The quantitative estimate of drug-likeness (QED) is 0.898. The molecule has 3 N–H and O–H groups in total. The van der Waals surface area contributed by atoms with Crippen molar-refractivity contribution in [1.82, 2.24) is 9.88 Å². The lowest BCUT2D eigenvalue weighted by molar-refractivity contribution is -0.0405. The Morgan fingerprint density at radius 1 is 1.19 bits per heavy atom. The summed E-state index contributed by atoms with van der Waals surface area (Å²) in [6.45, 7) is 4.24. The number of likely N-dealkylation sites (tertiary alicyclic amines) is 1. The van der Waals surface area contributed by atoms with Gasteiger partial charge in [-0.2, -0.15) is 0 Å². The van der Waals surface area contributed by atoms with E-state index in [1.807, 2.05) is 13.0 Å². The number of aliphatic hydroxyl groups excluding tert-OH is 1. The van der Waals surface area contributed by atoms with Crippen LogP contribution in [0.15, 0.2) is 12.3 Å². The molecule has 4 heteroatoms. The first-order valence-corrected chi connectivity index (χ1v) is 8.29. The molecule has 2 heterocycles. The van der Waals surface area contributed by atoms with Crippen molar-refractivity contribution in [2.24, 2.45) is 0 Å². The van der Waals surface area contributed by atoms with E-state index in [2.05, 4.69) is 9.88 Å². The van der Waals surface area contributed by atoms with Crippen LogP contribution < -0.4 is 5.73 Å². The molecule has 0 aromatic carbocycles. The van der Waals surface area contributed by atoms with Crippen LogP contribution in [0.25, 0.3) is 0 Å². The summed E-state index contributed by atoms with van der Waals surface area (Å²) in [5.74, 6) is 0.491. The molecule has 1 aliphatic heterocycles. The Hall–Kier alpha value is -1.13. The molecule has 0 bridgehead atoms. The molecular formula is C17H27N3O. The van der Waals surface area contributed by atoms with E-state index in [1.54, 1.807) is 6.20 Å². The molecule has 1 aromatic rings. The van der Waals surface area contributed by atoms with E-state index in [-0.39, 0.29) is 5.54 Å². The van der Waals surface area contributed by atoms with E-state index in [0.717, 1.165) is 37.1 Å². The summed E-state index contributed by atoms with van der Waals surface area (Å²) < 4.78 is 0. The lowest BCUT2D eigenvalue weighted by Crippen LogP contribution is -2.53. The average Bonchev–Trinajstić information content (AvgIpc) is 2.98. The zero-order valence-corrected chi connectivity index (χ0v) is 13.0. The first kappa shape index (κ1) is 14.8. The van der Waals surface area contributed by atoms with Crippen LogP contribution in [0.4, 0.5) is 5.82 Å². The molecule has 1 aliphatic carbocycles. The van der Waals surface area contributed by atoms with Gasteiger partial charge in [-0.05, 0) is 57.3 Å². The topological polar surface area (TPSA) is 62.4 Å². The fraction of sp³-hybridized carbons (Fsp3) is 0.706. The van der Waals surface area contributed by atoms with Crippen LogP contribution in [-0.4, -0.2) is 33.6 Å². The fourth-order valence-corrected chi connectivity index (χ4v) is 4.30. The number of rotatable bonds is 3. The van der Waals surface area contributed by atoms with E-state index >= 15 is 0 Å². The summed E-state index contributed by atoms with van der Waals surface area (Å²) >= 11 is 0. The van der Waals surface area contributed by atoms with Crippen molar-refractivity contribution in [1.29, 1.82) is 0 Å². The Balaban J connectivity index is 1.96. The van der Waals surface area contributed by atoms with Crippen LogP contribution in [0.2, 0.25) is 0 Å². The second-order valence-electron chi connectivity index (χ2n) is 6.69. The third-order valence-corrected chi connectivity index (χ3v) is 5.48. The second kappa shape index (κ2) is 5.93. The number of hydrogen-bond acceptors (Lipinski definition) is 4. The first-order valence-electron chi connectivity index (χ1n) is 8.29. The molecule has 1 unspecified atom stereocenters. The van der Waals surface area contributed by atoms with Gasteiger partial charge in [0.05, 0.1) is 5.54 Å². The standard InChI is InChI=1S/C17H27N3O/c1-13-7-10-19-16(18)14(13)15(21)17(8-3-4-9-17)20-11-5-2-6-12-20/h7,10,15,21H,2-6,8-9,11-12H2,1H3,(H2,18,19). The summed E-state index contributed by atoms with van der Waals surface area (Å²) in [7, 11) is 0. The number of aromatic nitrogens is 1. The Morgan fingerprint density at radius 2 is 1.86 bits per heavy atom. The molecule has 1 saturated carbocycles. The van der Waals surface area contributed by atoms with Crippen molar-refractivity contribution in [2.75, 3.05) is 18.8 Å². The highest BCUT2D eigenvalue weighted by Gasteiger charge is 2.47. The maximum atomic E-state index is 11.2. The highest BCUT2D eigenvalue weighted by Crippen LogP contribution is 2.47. The highest BCUT2D eigenvalue weighted by molar-refractivity contribution is 5.47. The Morgan fingerprint density at radius 3 is 2.48 bits per heavy atom. The minimum absolute atomic E-state index is 0.123. The molecule has 2 aliphatic rings. The zero-order chi connectivity index (χ0) is 14.9. The van der Waals surface area contributed by atoms with Gasteiger partial charge in [-0.3, -0.25) is 4.90 Å². The summed E-state index contributed by atoms with van der Waals surface area (Å²) in [5, 5.41) is 11.2. The summed E-state index contributed by atoms with van der Waals surface area (Å²) in [6.07, 6.45) is 9.56. The number of nitrogens with two attached hydrogens (primary N) is 1. The minimum Gasteiger partial charge on any atom is -0.386 e. The molecule has 116 valence electrons. The van der Waals surface area contributed by atoms with Crippen LogP contribution in [0.3, 0.4) is 0 Å². The van der Waals surface area contributed by atoms with Crippen LogP contribution in [0, 0.1) is 6.92 Å². The van der Waals surface area contributed by atoms with Gasteiger partial charge in [-0.25, -0.2) is 4.98 Å². The summed E-state index contributed by atoms with van der Waals surface area (Å²) in [4.78, 5) is 6.75. The number of hydrogen-bond donors (Lipinski definition) is 2. The molecule has 21 heavy (non-hydrogen) atoms. The van der Waals surface area contributed by atoms with Crippen molar-refractivity contribution < 1.29 is 5.11 Å². The predicted octanol–water partition coefficient (Wildman–Crippen LogP) is 2.80. The highest BCUT2D eigenvalue weighted by atomic mass is 16.3. The smallest absolute Gasteiger partial charge is 0.129 e. The molecule has 0 radical (unpaired) electrons. The SMILES string of the molecule is Cc1ccnc(N)c1C(O)C1(N2CCCCC2)CCCC1. The van der Waals surface area contributed by atoms with Crippen LogP contribution >= 0.6 is 0 Å². The van der Waals surface area contributed by atoms with Crippen LogP contribution in [0.5, 0.6) is 0 Å². The normalized spacial score (nSPS) is 24.1. The predicted molar refractivity (Wildman–Crippen MR) is 85.0 cm³/mol. The maximum Gasteiger partial charge on any atom is 0.129 e. The van der Waals surface area contributed by atoms with Gasteiger partial charge < -0.3 is 10.8 Å². The largest absolute Gasteiger partial charge is 0.386 e. The van der Waals surface area contributed by atoms with Gasteiger partial charge in [0.2, 0.25) is 0 Å². The summed E-state index contributed by atoms with van der Waals surface area (Å²) in [5.41, 5.74) is 7.87. The van der Waals surface area contributed by atoms with Gasteiger partial charge in [-0.1, -0.05) is 19.3 Å². The minimum atomic E-state index is -0.521. The van der Waals surface area contributed by atoms with Crippen molar-refractivity contribution >= 4 is 5.82 Å². The first-order chi connectivity index (χ1) is 10.1. The molecule has 3 rings (SSSR count). The molecular weight excluding hydrogens is 262 g/mol. The molecule has 1 atom stereocenters. The zero-order valence-electron chi connectivity index (χ0n) is 13.0. The second-order valence-corrected chi connectivity index (χ2v) is 6.69. The Bertz CT molecular complexity index is 471. The van der Waals surface area contributed by atoms with E-state index < -0.39 is 6.10 Å². The van der Waals surface area contributed by atoms with E-state index in [0.29, 0.717) is 5.82 Å². The molecule has 1 saturated heterocycles. The van der Waals surface area contributed by atoms with Crippen molar-refractivity contribution in [3.05, 3.63) is 23.4 Å². The molecule has 2 fully saturated rings. The molecule has 0 amide bonds. The van der Waals surface area contributed by atoms with E-state index in [1.165, 1.54) is 32.1 Å². The lowest BCUT2D eigenvalue weighted by Gasteiger charge is -2.47. The molecule has 0 spiro atoms. The third-order valence-electron chi connectivity index (χ3n) is 5.48. The van der Waals surface area contributed by atoms with Crippen LogP contribution in [-0.2, 0) is 0 Å². The van der Waals surface area contributed by atoms with Crippen molar-refractivity contribution in [3.63, 3.8) is 0 Å². The number of piperidine rings is 1. The Labute approximate surface area is 127 Å². The third kappa shape index (κ3) is 2.55. The van der Waals surface area contributed by atoms with Crippen LogP contribution in [0.1, 0.15) is 62.2 Å². The average molecular weight is 289 g/mol. The van der Waals surface area contributed by atoms with E-state index in [9.17, 15) is 5.11 Å². The van der Waals surface area contributed by atoms with Gasteiger partial charge in [-0.15, -0.1) is 0 Å². The fourth-order valence-electron chi connectivity index (χ4n) is 4.30. The van der Waals surface area contributed by atoms with Gasteiger partial charge in [0.25, 0.3) is 0 Å². The van der Waals surface area contributed by atoms with Gasteiger partial charge in [0, 0.05) is 11.8 Å². The summed E-state index contributed by atoms with van der Waals surface area (Å²) in [6, 6.07) is 1.95. The van der Waals surface area contributed by atoms with Gasteiger partial charge >= 0.3 is 0 Å². The monoisotopic (exact) mass is 289 g/mol. The number of aryl methyl sites for hydroxylation is 1. The van der Waals surface area contributed by atoms with Crippen molar-refractivity contribution in [3.8, 4) is 0 Å². The van der Waals surface area contributed by atoms with Crippen molar-refractivity contribution in [2.45, 2.75) is 63.5 Å². The van der Waals surface area contributed by atoms with Gasteiger partial charge in [0.1, 0.15) is 11.9 Å². The maximum absolute atomic E-state index is 11.2. The number of pyridine rings is 1. The number of nitrogen functional groups attached to an aromatic ring is 1.